The molecule has 2 aromatic heterocycles. The fourth-order valence-electron chi connectivity index (χ4n) is 1.10. The molecule has 16 heavy (non-hydrogen) atoms. The van der Waals surface area contributed by atoms with Crippen LogP contribution in [0.1, 0.15) is 6.92 Å². The van der Waals surface area contributed by atoms with Crippen LogP contribution in [0, 0.1) is 0 Å². The number of nitrogens with two attached hydrogens (primary N) is 1. The number of nitrogens with zero attached hydrogens (tertiary/aromatic N) is 7. The Labute approximate surface area is 92.2 Å². The van der Waals surface area contributed by atoms with E-state index < -0.39 is 0 Å². The molecule has 2 heterocycles. The minimum Gasteiger partial charge on any atom is -0.368 e. The molecule has 0 atom stereocenters. The van der Waals surface area contributed by atoms with Crippen molar-refractivity contribution in [2.24, 2.45) is 0 Å². The van der Waals surface area contributed by atoms with Gasteiger partial charge in [0.2, 0.25) is 11.9 Å². The lowest BCUT2D eigenvalue weighted by Gasteiger charge is -2.14. The first-order valence-electron chi connectivity index (χ1n) is 4.78. The molecule has 0 bridgehead atoms. The fraction of sp³-hybridized carbons (Fsp3) is 0.375. The molecule has 0 amide bonds. The first kappa shape index (κ1) is 10.3. The van der Waals surface area contributed by atoms with Crippen LogP contribution in [0.25, 0.3) is 5.95 Å². The summed E-state index contributed by atoms with van der Waals surface area (Å²) in [5.74, 6) is 1.04. The third-order valence-corrected chi connectivity index (χ3v) is 2.07. The average Bonchev–Trinajstić information content (AvgIpc) is 2.80. The lowest BCUT2D eigenvalue weighted by atomic mass is 10.6. The van der Waals surface area contributed by atoms with E-state index in [4.69, 9.17) is 5.73 Å². The topological polar surface area (TPSA) is 98.6 Å². The molecule has 0 radical (unpaired) electrons. The maximum absolute atomic E-state index is 5.61. The summed E-state index contributed by atoms with van der Waals surface area (Å²) in [5, 5.41) is 3.93. The van der Waals surface area contributed by atoms with E-state index in [1.807, 2.05) is 18.9 Å². The van der Waals surface area contributed by atoms with E-state index in [9.17, 15) is 0 Å². The van der Waals surface area contributed by atoms with E-state index in [0.29, 0.717) is 11.9 Å². The molecule has 8 nitrogen and oxygen atoms in total. The normalized spacial score (nSPS) is 10.4. The molecule has 8 heteroatoms. The molecule has 0 aliphatic heterocycles. The molecule has 0 saturated carbocycles. The molecule has 0 aliphatic carbocycles. The van der Waals surface area contributed by atoms with Gasteiger partial charge in [0.25, 0.3) is 5.95 Å². The average molecular weight is 220 g/mol. The van der Waals surface area contributed by atoms with Crippen molar-refractivity contribution in [3.8, 4) is 5.95 Å². The van der Waals surface area contributed by atoms with E-state index in [2.05, 4.69) is 25.0 Å². The van der Waals surface area contributed by atoms with Crippen molar-refractivity contribution in [3.05, 3.63) is 12.7 Å². The van der Waals surface area contributed by atoms with Gasteiger partial charge in [-0.15, -0.1) is 0 Å². The van der Waals surface area contributed by atoms with Crippen LogP contribution < -0.4 is 10.6 Å². The van der Waals surface area contributed by atoms with E-state index in [1.165, 1.54) is 17.3 Å². The lowest BCUT2D eigenvalue weighted by molar-refractivity contribution is 0.782. The number of nitrogen functional groups attached to an aromatic ring is 1. The predicted octanol–water partition coefficient (Wildman–Crippen LogP) is -0.509. The molecule has 0 saturated heterocycles. The number of hydrogen-bond donors (Lipinski definition) is 1. The zero-order valence-electron chi connectivity index (χ0n) is 9.07. The summed E-state index contributed by atoms with van der Waals surface area (Å²) < 4.78 is 1.44. The third kappa shape index (κ3) is 1.90. The molecule has 2 aromatic rings. The van der Waals surface area contributed by atoms with Crippen molar-refractivity contribution in [1.29, 1.82) is 0 Å². The molecule has 0 fully saturated rings. The Morgan fingerprint density at radius 3 is 2.81 bits per heavy atom. The molecular weight excluding hydrogens is 208 g/mol. The number of hydrogen-bond acceptors (Lipinski definition) is 7. The van der Waals surface area contributed by atoms with E-state index in [1.54, 1.807) is 0 Å². The van der Waals surface area contributed by atoms with Crippen molar-refractivity contribution in [1.82, 2.24) is 29.7 Å². The summed E-state index contributed by atoms with van der Waals surface area (Å²) >= 11 is 0. The molecule has 2 N–H and O–H groups in total. The second-order valence-corrected chi connectivity index (χ2v) is 3.15. The van der Waals surface area contributed by atoms with Crippen LogP contribution in [0.4, 0.5) is 11.9 Å². The number of anilines is 2. The van der Waals surface area contributed by atoms with Gasteiger partial charge in [0.15, 0.2) is 0 Å². The van der Waals surface area contributed by atoms with Crippen LogP contribution in [0.5, 0.6) is 0 Å². The molecule has 0 unspecified atom stereocenters. The summed E-state index contributed by atoms with van der Waals surface area (Å²) in [4.78, 5) is 17.9. The van der Waals surface area contributed by atoms with Crippen LogP contribution in [-0.2, 0) is 0 Å². The molecular formula is C8H12N8. The fourth-order valence-corrected chi connectivity index (χ4v) is 1.10. The van der Waals surface area contributed by atoms with Gasteiger partial charge in [-0.3, -0.25) is 0 Å². The minimum absolute atomic E-state index is 0.163. The van der Waals surface area contributed by atoms with Gasteiger partial charge in [-0.1, -0.05) is 0 Å². The highest BCUT2D eigenvalue weighted by atomic mass is 15.4. The molecule has 0 aromatic carbocycles. The SMILES string of the molecule is CCN(C)c1nc(N)nc(-n2cncn2)n1. The number of rotatable bonds is 3. The Kier molecular flexibility index (Phi) is 2.63. The highest BCUT2D eigenvalue weighted by molar-refractivity contribution is 5.36. The smallest absolute Gasteiger partial charge is 0.258 e. The van der Waals surface area contributed by atoms with Crippen molar-refractivity contribution >= 4 is 11.9 Å². The van der Waals surface area contributed by atoms with E-state index in [-0.39, 0.29) is 5.95 Å². The Morgan fingerprint density at radius 1 is 1.38 bits per heavy atom. The standard InChI is InChI=1S/C8H12N8/c1-3-15(2)7-12-6(9)13-8(14-7)16-5-10-4-11-16/h4-5H,3H2,1-2H3,(H2,9,12,13,14). The number of aromatic nitrogens is 6. The first-order valence-corrected chi connectivity index (χ1v) is 4.78. The Balaban J connectivity index is 2.44. The Morgan fingerprint density at radius 2 is 2.19 bits per heavy atom. The maximum atomic E-state index is 5.61. The molecule has 0 aliphatic rings. The summed E-state index contributed by atoms with van der Waals surface area (Å²) in [5.41, 5.74) is 5.61. The highest BCUT2D eigenvalue weighted by Gasteiger charge is 2.09. The Hall–Kier alpha value is -2.25. The summed E-state index contributed by atoms with van der Waals surface area (Å²) in [6.45, 7) is 2.77. The zero-order valence-corrected chi connectivity index (χ0v) is 9.07. The van der Waals surface area contributed by atoms with E-state index >= 15 is 0 Å². The van der Waals surface area contributed by atoms with Crippen LogP contribution >= 0.6 is 0 Å². The van der Waals surface area contributed by atoms with Gasteiger partial charge in [-0.2, -0.15) is 24.7 Å². The monoisotopic (exact) mass is 220 g/mol. The lowest BCUT2D eigenvalue weighted by Crippen LogP contribution is -2.21. The minimum atomic E-state index is 0.163. The second kappa shape index (κ2) is 4.09. The maximum Gasteiger partial charge on any atom is 0.258 e. The van der Waals surface area contributed by atoms with Crippen molar-refractivity contribution in [2.75, 3.05) is 24.2 Å². The van der Waals surface area contributed by atoms with Crippen LogP contribution in [0.3, 0.4) is 0 Å². The van der Waals surface area contributed by atoms with Crippen molar-refractivity contribution in [2.45, 2.75) is 6.92 Å². The van der Waals surface area contributed by atoms with Crippen molar-refractivity contribution in [3.63, 3.8) is 0 Å². The summed E-state index contributed by atoms with van der Waals surface area (Å²) in [7, 11) is 1.87. The van der Waals surface area contributed by atoms with E-state index in [0.717, 1.165) is 6.54 Å². The predicted molar refractivity (Wildman–Crippen MR) is 58.1 cm³/mol. The zero-order chi connectivity index (χ0) is 11.5. The largest absolute Gasteiger partial charge is 0.368 e. The second-order valence-electron chi connectivity index (χ2n) is 3.15. The molecule has 2 rings (SSSR count). The van der Waals surface area contributed by atoms with Gasteiger partial charge in [0, 0.05) is 13.6 Å². The third-order valence-electron chi connectivity index (χ3n) is 2.07. The van der Waals surface area contributed by atoms with Gasteiger partial charge < -0.3 is 10.6 Å². The quantitative estimate of drug-likeness (QED) is 0.743. The van der Waals surface area contributed by atoms with Crippen LogP contribution in [0.15, 0.2) is 12.7 Å². The highest BCUT2D eigenvalue weighted by Crippen LogP contribution is 2.08. The van der Waals surface area contributed by atoms with Crippen LogP contribution in [0.2, 0.25) is 0 Å². The molecule has 84 valence electrons. The Bertz CT molecular complexity index is 465. The van der Waals surface area contributed by atoms with Gasteiger partial charge in [-0.25, -0.2) is 4.98 Å². The summed E-state index contributed by atoms with van der Waals surface area (Å²) in [6.07, 6.45) is 2.91. The van der Waals surface area contributed by atoms with Crippen molar-refractivity contribution < 1.29 is 0 Å². The van der Waals surface area contributed by atoms with Gasteiger partial charge >= 0.3 is 0 Å². The van der Waals surface area contributed by atoms with Gasteiger partial charge in [0.1, 0.15) is 12.7 Å². The first-order chi connectivity index (χ1) is 7.70. The van der Waals surface area contributed by atoms with Gasteiger partial charge in [0.05, 0.1) is 0 Å². The summed E-state index contributed by atoms with van der Waals surface area (Å²) in [6, 6.07) is 0. The molecule has 0 spiro atoms. The van der Waals surface area contributed by atoms with Gasteiger partial charge in [-0.05, 0) is 6.92 Å². The van der Waals surface area contributed by atoms with Crippen LogP contribution in [-0.4, -0.2) is 43.3 Å².